The van der Waals surface area contributed by atoms with Crippen molar-refractivity contribution in [3.63, 3.8) is 0 Å². The van der Waals surface area contributed by atoms with Crippen LogP contribution in [-0.2, 0) is 0 Å². The van der Waals surface area contributed by atoms with Crippen molar-refractivity contribution in [2.24, 2.45) is 0 Å². The van der Waals surface area contributed by atoms with E-state index in [2.05, 4.69) is 14.7 Å². The second-order valence-electron chi connectivity index (χ2n) is 2.16. The van der Waals surface area contributed by atoms with Gasteiger partial charge in [0.1, 0.15) is 6.26 Å². The van der Waals surface area contributed by atoms with Crippen LogP contribution in [0.4, 0.5) is 0 Å². The minimum Gasteiger partial charge on any atom is -0.365 e. The first-order valence-corrected chi connectivity index (χ1v) is 6.02. The van der Waals surface area contributed by atoms with Gasteiger partial charge in [-0.15, -0.1) is 11.3 Å². The van der Waals surface area contributed by atoms with Crippen LogP contribution in [0.25, 0.3) is 0 Å². The van der Waals surface area contributed by atoms with E-state index >= 15 is 0 Å². The maximum Gasteiger partial charge on any atom is 0.123 e. The van der Waals surface area contributed by atoms with Crippen molar-refractivity contribution in [1.29, 1.82) is 0 Å². The van der Waals surface area contributed by atoms with Crippen molar-refractivity contribution < 1.29 is 4.52 Å². The molecular weight excluding hydrogens is 228 g/mol. The van der Waals surface area contributed by atoms with Gasteiger partial charge in [0.15, 0.2) is 0 Å². The molecule has 0 aliphatic rings. The summed E-state index contributed by atoms with van der Waals surface area (Å²) in [5, 5.41) is 9.36. The molecule has 78 valence electrons. The molecule has 0 aromatic carbocycles. The van der Waals surface area contributed by atoms with Gasteiger partial charge in [-0.25, -0.2) is 0 Å². The largest absolute Gasteiger partial charge is 0.365 e. The lowest BCUT2D eigenvalue weighted by molar-refractivity contribution is 0.420. The fourth-order valence-corrected chi connectivity index (χ4v) is 1.38. The number of thiazole rings is 1. The van der Waals surface area contributed by atoms with Crippen LogP contribution in [0.15, 0.2) is 63.0 Å². The normalized spacial score (nSPS) is 8.00. The zero-order valence-corrected chi connectivity index (χ0v) is 9.53. The first kappa shape index (κ1) is 11.6. The van der Waals surface area contributed by atoms with E-state index in [1.807, 2.05) is 28.3 Å². The summed E-state index contributed by atoms with van der Waals surface area (Å²) in [5.74, 6) is 0. The zero-order chi connectivity index (χ0) is 10.6. The number of hydrogen-bond acceptors (Lipinski definition) is 5. The Morgan fingerprint density at radius 2 is 1.73 bits per heavy atom. The first-order valence-electron chi connectivity index (χ1n) is 4.14. The van der Waals surface area contributed by atoms with Crippen LogP contribution in [0.2, 0.25) is 0 Å². The molecule has 5 heteroatoms. The van der Waals surface area contributed by atoms with Gasteiger partial charge in [0, 0.05) is 11.6 Å². The van der Waals surface area contributed by atoms with Crippen molar-refractivity contribution in [2.75, 3.05) is 0 Å². The van der Waals surface area contributed by atoms with E-state index in [1.54, 1.807) is 46.6 Å². The molecule has 0 spiro atoms. The summed E-state index contributed by atoms with van der Waals surface area (Å²) >= 11 is 3.31. The molecule has 3 aromatic rings. The summed E-state index contributed by atoms with van der Waals surface area (Å²) in [6, 6.07) is 5.76. The van der Waals surface area contributed by atoms with Gasteiger partial charge in [0.25, 0.3) is 0 Å². The lowest BCUT2D eigenvalue weighted by Gasteiger charge is -1.48. The van der Waals surface area contributed by atoms with Crippen LogP contribution < -0.4 is 0 Å². The maximum absolute atomic E-state index is 4.33. The van der Waals surface area contributed by atoms with Gasteiger partial charge in [-0.05, 0) is 16.8 Å². The van der Waals surface area contributed by atoms with Crippen molar-refractivity contribution in [3.05, 3.63) is 58.5 Å². The smallest absolute Gasteiger partial charge is 0.123 e. The molecule has 3 nitrogen and oxygen atoms in total. The Bertz CT molecular complexity index is 253. The summed E-state index contributed by atoms with van der Waals surface area (Å²) in [5.41, 5.74) is 1.79. The SMILES string of the molecule is c1ccsc1.c1cnoc1.c1cscn1. The molecule has 0 aliphatic heterocycles. The average Bonchev–Trinajstić information content (AvgIpc) is 3.09. The van der Waals surface area contributed by atoms with Gasteiger partial charge in [-0.1, -0.05) is 17.3 Å². The molecule has 0 fully saturated rings. The van der Waals surface area contributed by atoms with E-state index in [0.29, 0.717) is 0 Å². The molecule has 3 rings (SSSR count). The van der Waals surface area contributed by atoms with Gasteiger partial charge in [-0.2, -0.15) is 11.3 Å². The number of aromatic nitrogens is 2. The second kappa shape index (κ2) is 9.11. The highest BCUT2D eigenvalue weighted by molar-refractivity contribution is 7.07. The fourth-order valence-electron chi connectivity index (χ4n) is 0.578. The monoisotopic (exact) mass is 238 g/mol. The highest BCUT2D eigenvalue weighted by Crippen LogP contribution is 1.91. The molecule has 3 heterocycles. The molecule has 0 saturated heterocycles. The standard InChI is InChI=1S/C4H4S.C3H3NO.C3H3NS/c2*1-2-4-5-3-1;1-2-5-3-4-1/h1-4H;2*1-3H. The summed E-state index contributed by atoms with van der Waals surface area (Å²) in [6.07, 6.45) is 4.87. The molecule has 0 unspecified atom stereocenters. The van der Waals surface area contributed by atoms with Crippen molar-refractivity contribution >= 4 is 22.7 Å². The molecule has 0 saturated carbocycles. The third-order valence-electron chi connectivity index (χ3n) is 1.12. The Hall–Kier alpha value is -1.46. The van der Waals surface area contributed by atoms with Crippen LogP contribution >= 0.6 is 22.7 Å². The van der Waals surface area contributed by atoms with Gasteiger partial charge in [-0.3, -0.25) is 4.98 Å². The van der Waals surface area contributed by atoms with Crippen LogP contribution in [0.5, 0.6) is 0 Å². The fraction of sp³-hybridized carbons (Fsp3) is 0. The summed E-state index contributed by atoms with van der Waals surface area (Å²) in [7, 11) is 0. The van der Waals surface area contributed by atoms with E-state index in [9.17, 15) is 0 Å². The van der Waals surface area contributed by atoms with Gasteiger partial charge in [0.2, 0.25) is 0 Å². The highest BCUT2D eigenvalue weighted by Gasteiger charge is 1.60. The third-order valence-corrected chi connectivity index (χ3v) is 2.27. The highest BCUT2D eigenvalue weighted by atomic mass is 32.1. The minimum absolute atomic E-state index is 1.51. The molecule has 0 bridgehead atoms. The van der Waals surface area contributed by atoms with Crippen LogP contribution in [0.1, 0.15) is 0 Å². The summed E-state index contributed by atoms with van der Waals surface area (Å²) in [6.45, 7) is 0. The molecule has 15 heavy (non-hydrogen) atoms. The summed E-state index contributed by atoms with van der Waals surface area (Å²) < 4.78 is 4.33. The number of nitrogens with zero attached hydrogens (tertiary/aromatic N) is 2. The second-order valence-corrected chi connectivity index (χ2v) is 3.73. The predicted octanol–water partition coefficient (Wildman–Crippen LogP) is 3.57. The molecule has 0 N–H and O–H groups in total. The lowest BCUT2D eigenvalue weighted by Crippen LogP contribution is -1.38. The minimum atomic E-state index is 1.51. The Labute approximate surface area is 96.0 Å². The summed E-state index contributed by atoms with van der Waals surface area (Å²) in [4.78, 5) is 3.74. The molecule has 0 aliphatic carbocycles. The van der Waals surface area contributed by atoms with Crippen molar-refractivity contribution in [2.45, 2.75) is 0 Å². The third kappa shape index (κ3) is 7.60. The van der Waals surface area contributed by atoms with Gasteiger partial charge in [0.05, 0.1) is 11.7 Å². The van der Waals surface area contributed by atoms with Crippen molar-refractivity contribution in [1.82, 2.24) is 10.1 Å². The topological polar surface area (TPSA) is 38.9 Å². The van der Waals surface area contributed by atoms with Crippen LogP contribution in [0, 0.1) is 0 Å². The molecule has 0 atom stereocenters. The van der Waals surface area contributed by atoms with E-state index in [4.69, 9.17) is 0 Å². The Balaban J connectivity index is 0.000000112. The van der Waals surface area contributed by atoms with Gasteiger partial charge >= 0.3 is 0 Å². The van der Waals surface area contributed by atoms with E-state index in [0.717, 1.165) is 0 Å². The molecule has 0 amide bonds. The van der Waals surface area contributed by atoms with E-state index in [-0.39, 0.29) is 0 Å². The predicted molar refractivity (Wildman–Crippen MR) is 62.9 cm³/mol. The number of thiophene rings is 1. The van der Waals surface area contributed by atoms with E-state index in [1.165, 1.54) is 6.26 Å². The number of hydrogen-bond donors (Lipinski definition) is 0. The molecule has 0 radical (unpaired) electrons. The lowest BCUT2D eigenvalue weighted by atomic mass is 10.7. The zero-order valence-electron chi connectivity index (χ0n) is 7.89. The van der Waals surface area contributed by atoms with Crippen molar-refractivity contribution in [3.8, 4) is 0 Å². The number of rotatable bonds is 0. The Morgan fingerprint density at radius 1 is 0.867 bits per heavy atom. The maximum atomic E-state index is 4.33. The van der Waals surface area contributed by atoms with Gasteiger partial charge < -0.3 is 4.52 Å². The average molecular weight is 238 g/mol. The first-order chi connectivity index (χ1) is 7.50. The quantitative estimate of drug-likeness (QED) is 0.601. The Kier molecular flexibility index (Phi) is 7.05. The van der Waals surface area contributed by atoms with E-state index < -0.39 is 0 Å². The van der Waals surface area contributed by atoms with Crippen LogP contribution in [0.3, 0.4) is 0 Å². The molecular formula is C10H10N2OS2. The Morgan fingerprint density at radius 3 is 1.93 bits per heavy atom. The molecule has 3 aromatic heterocycles. The van der Waals surface area contributed by atoms with Crippen LogP contribution in [-0.4, -0.2) is 10.1 Å².